The first-order chi connectivity index (χ1) is 7.60. The van der Waals surface area contributed by atoms with E-state index in [0.717, 1.165) is 57.8 Å². The summed E-state index contributed by atoms with van der Waals surface area (Å²) in [6.07, 6.45) is 9.27. The summed E-state index contributed by atoms with van der Waals surface area (Å²) in [4.78, 5) is 0. The van der Waals surface area contributed by atoms with E-state index in [-0.39, 0.29) is 17.1 Å². The first kappa shape index (κ1) is 19.2. The summed E-state index contributed by atoms with van der Waals surface area (Å²) < 4.78 is 0. The molecule has 5 N–H and O–H groups in total. The molecule has 0 saturated heterocycles. The smallest absolute Gasteiger partial charge is 0.0719 e. The van der Waals surface area contributed by atoms with Crippen LogP contribution in [0.2, 0.25) is 0 Å². The highest BCUT2D eigenvalue weighted by Crippen LogP contribution is 2.25. The monoisotopic (exact) mass is 247 g/mol. The molecule has 0 rings (SSSR count). The zero-order valence-corrected chi connectivity index (χ0v) is 12.0. The molecule has 0 aromatic heterocycles. The fourth-order valence-corrected chi connectivity index (χ4v) is 2.15. The Labute approximate surface area is 107 Å². The molecule has 1 atom stereocenters. The quantitative estimate of drug-likeness (QED) is 0.622. The van der Waals surface area contributed by atoms with Crippen molar-refractivity contribution < 1.29 is 10.6 Å². The summed E-state index contributed by atoms with van der Waals surface area (Å²) in [6.45, 7) is 6.51. The molecule has 0 aliphatic heterocycles. The Morgan fingerprint density at radius 2 is 1.35 bits per heavy atom. The van der Waals surface area contributed by atoms with Gasteiger partial charge in [-0.15, -0.1) is 0 Å². The van der Waals surface area contributed by atoms with Crippen LogP contribution in [0.1, 0.15) is 78.6 Å². The van der Waals surface area contributed by atoms with E-state index in [9.17, 15) is 5.11 Å². The molecular formula is C14H33NO2. The maximum atomic E-state index is 10.2. The zero-order chi connectivity index (χ0) is 12.4. The van der Waals surface area contributed by atoms with Crippen LogP contribution in [0.5, 0.6) is 0 Å². The van der Waals surface area contributed by atoms with Crippen LogP contribution in [-0.2, 0) is 0 Å². The maximum absolute atomic E-state index is 10.2. The molecule has 0 saturated carbocycles. The summed E-state index contributed by atoms with van der Waals surface area (Å²) in [5.41, 5.74) is 6.07. The minimum absolute atomic E-state index is 0. The van der Waals surface area contributed by atoms with Gasteiger partial charge in [0.2, 0.25) is 0 Å². The lowest BCUT2D eigenvalue weighted by atomic mass is 9.81. The predicted octanol–water partition coefficient (Wildman–Crippen LogP) is 2.79. The Balaban J connectivity index is 0. The third-order valence-corrected chi connectivity index (χ3v) is 3.49. The number of nitrogens with two attached hydrogens (primary N) is 1. The van der Waals surface area contributed by atoms with Crippen LogP contribution in [0, 0.1) is 0 Å². The highest BCUT2D eigenvalue weighted by atomic mass is 16.3. The Bertz CT molecular complexity index is 154. The number of aliphatic hydroxyl groups excluding tert-OH is 1. The molecule has 1 unspecified atom stereocenters. The molecule has 3 heteroatoms. The van der Waals surface area contributed by atoms with Gasteiger partial charge in [0.25, 0.3) is 0 Å². The summed E-state index contributed by atoms with van der Waals surface area (Å²) in [6, 6.07) is 0. The molecule has 17 heavy (non-hydrogen) atoms. The lowest BCUT2D eigenvalue weighted by Crippen LogP contribution is -2.50. The Morgan fingerprint density at radius 3 is 1.71 bits per heavy atom. The van der Waals surface area contributed by atoms with E-state index in [2.05, 4.69) is 20.8 Å². The molecule has 0 spiro atoms. The van der Waals surface area contributed by atoms with Gasteiger partial charge in [0.1, 0.15) is 0 Å². The second-order valence-corrected chi connectivity index (χ2v) is 5.10. The Hall–Kier alpha value is -0.120. The van der Waals surface area contributed by atoms with Gasteiger partial charge in [-0.25, -0.2) is 0 Å². The van der Waals surface area contributed by atoms with Crippen molar-refractivity contribution in [1.29, 1.82) is 0 Å². The van der Waals surface area contributed by atoms with Crippen molar-refractivity contribution in [1.82, 2.24) is 0 Å². The normalized spacial score (nSPS) is 13.2. The third kappa shape index (κ3) is 7.74. The van der Waals surface area contributed by atoms with Crippen LogP contribution in [-0.4, -0.2) is 22.2 Å². The molecule has 0 heterocycles. The first-order valence-corrected chi connectivity index (χ1v) is 7.07. The van der Waals surface area contributed by atoms with E-state index in [4.69, 9.17) is 5.73 Å². The average molecular weight is 247 g/mol. The van der Waals surface area contributed by atoms with Crippen LogP contribution in [0.25, 0.3) is 0 Å². The van der Waals surface area contributed by atoms with Crippen molar-refractivity contribution in [3.05, 3.63) is 0 Å². The van der Waals surface area contributed by atoms with Crippen LogP contribution in [0.3, 0.4) is 0 Å². The van der Waals surface area contributed by atoms with Crippen molar-refractivity contribution in [3.63, 3.8) is 0 Å². The number of rotatable bonds is 10. The van der Waals surface area contributed by atoms with Gasteiger partial charge in [0.15, 0.2) is 0 Å². The zero-order valence-electron chi connectivity index (χ0n) is 12.0. The number of hydrogen-bond donors (Lipinski definition) is 2. The molecule has 0 bridgehead atoms. The van der Waals surface area contributed by atoms with E-state index in [1.54, 1.807) is 0 Å². The Morgan fingerprint density at radius 1 is 0.941 bits per heavy atom. The highest BCUT2D eigenvalue weighted by molar-refractivity contribution is 4.91. The van der Waals surface area contributed by atoms with Crippen LogP contribution < -0.4 is 5.73 Å². The topological polar surface area (TPSA) is 77.8 Å². The van der Waals surface area contributed by atoms with E-state index in [1.165, 1.54) is 0 Å². The lowest BCUT2D eigenvalue weighted by molar-refractivity contribution is 0.0603. The van der Waals surface area contributed by atoms with Gasteiger partial charge in [0.05, 0.1) is 6.10 Å². The van der Waals surface area contributed by atoms with E-state index in [0.29, 0.717) is 0 Å². The van der Waals surface area contributed by atoms with Crippen molar-refractivity contribution >= 4 is 0 Å². The molecular weight excluding hydrogens is 214 g/mol. The number of unbranched alkanes of at least 4 members (excludes halogenated alkanes) is 3. The van der Waals surface area contributed by atoms with Crippen LogP contribution in [0.15, 0.2) is 0 Å². The second-order valence-electron chi connectivity index (χ2n) is 5.10. The standard InChI is InChI=1S/C14H31NO.H2O/c1-4-7-10-13(16)14(15,11-8-5-2)12-9-6-3;/h13,16H,4-12,15H2,1-3H3;1H2. The summed E-state index contributed by atoms with van der Waals surface area (Å²) >= 11 is 0. The van der Waals surface area contributed by atoms with Gasteiger partial charge in [-0.05, 0) is 19.3 Å². The van der Waals surface area contributed by atoms with E-state index in [1.807, 2.05) is 0 Å². The van der Waals surface area contributed by atoms with Crippen molar-refractivity contribution in [2.75, 3.05) is 0 Å². The fourth-order valence-electron chi connectivity index (χ4n) is 2.15. The molecule has 0 aliphatic rings. The van der Waals surface area contributed by atoms with Crippen LogP contribution in [0.4, 0.5) is 0 Å². The van der Waals surface area contributed by atoms with E-state index >= 15 is 0 Å². The number of aliphatic hydroxyl groups is 1. The second kappa shape index (κ2) is 11.0. The summed E-state index contributed by atoms with van der Waals surface area (Å²) in [7, 11) is 0. The largest absolute Gasteiger partial charge is 0.412 e. The molecule has 0 fully saturated rings. The molecule has 106 valence electrons. The molecule has 3 nitrogen and oxygen atoms in total. The van der Waals surface area contributed by atoms with Crippen molar-refractivity contribution in [2.24, 2.45) is 5.73 Å². The van der Waals surface area contributed by atoms with Gasteiger partial charge in [-0.3, -0.25) is 0 Å². The molecule has 0 amide bonds. The maximum Gasteiger partial charge on any atom is 0.0719 e. The highest BCUT2D eigenvalue weighted by Gasteiger charge is 2.31. The van der Waals surface area contributed by atoms with Crippen LogP contribution >= 0.6 is 0 Å². The Kier molecular flexibility index (Phi) is 12.4. The molecule has 0 aliphatic carbocycles. The minimum atomic E-state index is -0.332. The minimum Gasteiger partial charge on any atom is -0.412 e. The van der Waals surface area contributed by atoms with Crippen molar-refractivity contribution in [3.8, 4) is 0 Å². The molecule has 0 radical (unpaired) electrons. The van der Waals surface area contributed by atoms with Crippen molar-refractivity contribution in [2.45, 2.75) is 90.2 Å². The fraction of sp³-hybridized carbons (Fsp3) is 1.00. The third-order valence-electron chi connectivity index (χ3n) is 3.49. The van der Waals surface area contributed by atoms with Gasteiger partial charge in [-0.2, -0.15) is 0 Å². The molecule has 0 aromatic rings. The van der Waals surface area contributed by atoms with Gasteiger partial charge in [-0.1, -0.05) is 59.3 Å². The summed E-state index contributed by atoms with van der Waals surface area (Å²) in [5.74, 6) is 0. The van der Waals surface area contributed by atoms with Gasteiger partial charge in [0, 0.05) is 5.54 Å². The first-order valence-electron chi connectivity index (χ1n) is 7.07. The predicted molar refractivity (Wildman–Crippen MR) is 75.1 cm³/mol. The summed E-state index contributed by atoms with van der Waals surface area (Å²) in [5, 5.41) is 10.2. The SMILES string of the molecule is CCCCC(O)C(N)(CCCC)CCCC.O. The average Bonchev–Trinajstić information content (AvgIpc) is 2.30. The van der Waals surface area contributed by atoms with Gasteiger partial charge < -0.3 is 16.3 Å². The number of hydrogen-bond acceptors (Lipinski definition) is 2. The van der Waals surface area contributed by atoms with Gasteiger partial charge >= 0.3 is 0 Å². The molecule has 0 aromatic carbocycles. The lowest BCUT2D eigenvalue weighted by Gasteiger charge is -2.35. The van der Waals surface area contributed by atoms with E-state index < -0.39 is 0 Å².